The van der Waals surface area contributed by atoms with Crippen LogP contribution in [0.2, 0.25) is 0 Å². The molecule has 1 heteroatoms. The van der Waals surface area contributed by atoms with Crippen molar-refractivity contribution in [1.82, 2.24) is 0 Å². The highest BCUT2D eigenvalue weighted by molar-refractivity contribution is 6.17. The summed E-state index contributed by atoms with van der Waals surface area (Å²) in [6.07, 6.45) is 8.85. The molecule has 1 aliphatic carbocycles. The van der Waals surface area contributed by atoms with Gasteiger partial charge in [0, 0.05) is 16.9 Å². The standard InChI is InChI=1S/C48H35N/c1-3-10-33(11-4-1)38-15-9-16-41(30-38)47-32-40(34-12-5-2-6-13-34)24-29-48(47)49-42-25-20-35(21-26-42)39-19-18-37-23-27-44-43-17-8-7-14-36(43)22-28-45(44)46(37)31-39/h1-3,5-10,12-32,49H,4,11H2. The average Bonchev–Trinajstić information content (AvgIpc) is 3.18. The van der Waals surface area contributed by atoms with Crippen LogP contribution in [-0.2, 0) is 0 Å². The first-order valence-electron chi connectivity index (χ1n) is 17.1. The van der Waals surface area contributed by atoms with E-state index in [2.05, 4.69) is 187 Å². The lowest BCUT2D eigenvalue weighted by Gasteiger charge is -2.17. The van der Waals surface area contributed by atoms with Gasteiger partial charge >= 0.3 is 0 Å². The van der Waals surface area contributed by atoms with Crippen LogP contribution in [-0.4, -0.2) is 0 Å². The zero-order chi connectivity index (χ0) is 32.6. The van der Waals surface area contributed by atoms with Crippen molar-refractivity contribution in [3.63, 3.8) is 0 Å². The summed E-state index contributed by atoms with van der Waals surface area (Å²) < 4.78 is 0. The molecule has 0 fully saturated rings. The smallest absolute Gasteiger partial charge is 0.0464 e. The molecule has 0 aromatic heterocycles. The fraction of sp³-hybridized carbons (Fsp3) is 0.0417. The maximum absolute atomic E-state index is 3.77. The first-order chi connectivity index (χ1) is 24.3. The number of rotatable bonds is 6. The summed E-state index contributed by atoms with van der Waals surface area (Å²) in [6, 6.07) is 59.8. The summed E-state index contributed by atoms with van der Waals surface area (Å²) in [5.74, 6) is 0. The molecule has 1 nitrogen and oxygen atoms in total. The van der Waals surface area contributed by atoms with E-state index in [9.17, 15) is 0 Å². The third-order valence-electron chi connectivity index (χ3n) is 9.93. The highest BCUT2D eigenvalue weighted by atomic mass is 14.9. The summed E-state index contributed by atoms with van der Waals surface area (Å²) in [7, 11) is 0. The van der Waals surface area contributed by atoms with Crippen molar-refractivity contribution in [3.8, 4) is 33.4 Å². The second kappa shape index (κ2) is 12.4. The van der Waals surface area contributed by atoms with Gasteiger partial charge in [-0.2, -0.15) is 0 Å². The first kappa shape index (κ1) is 29.0. The highest BCUT2D eigenvalue weighted by Crippen LogP contribution is 2.38. The van der Waals surface area contributed by atoms with Gasteiger partial charge in [-0.1, -0.05) is 146 Å². The van der Waals surface area contributed by atoms with Gasteiger partial charge in [0.25, 0.3) is 0 Å². The maximum Gasteiger partial charge on any atom is 0.0464 e. The Morgan fingerprint density at radius 2 is 1.06 bits per heavy atom. The third-order valence-corrected chi connectivity index (χ3v) is 9.93. The molecule has 0 saturated carbocycles. The molecule has 0 aliphatic heterocycles. The minimum atomic E-state index is 1.06. The van der Waals surface area contributed by atoms with Crippen LogP contribution in [0.4, 0.5) is 11.4 Å². The molecule has 0 bridgehead atoms. The number of nitrogens with one attached hydrogen (secondary N) is 1. The summed E-state index contributed by atoms with van der Waals surface area (Å²) in [4.78, 5) is 0. The Balaban J connectivity index is 1.07. The zero-order valence-corrected chi connectivity index (χ0v) is 27.2. The number of allylic oxidation sites excluding steroid dienone is 4. The van der Waals surface area contributed by atoms with Gasteiger partial charge in [-0.25, -0.2) is 0 Å². The van der Waals surface area contributed by atoms with Crippen LogP contribution in [0, 0.1) is 0 Å². The van der Waals surface area contributed by atoms with Gasteiger partial charge in [0.15, 0.2) is 0 Å². The van der Waals surface area contributed by atoms with Crippen molar-refractivity contribution >= 4 is 49.3 Å². The monoisotopic (exact) mass is 625 g/mol. The van der Waals surface area contributed by atoms with Crippen LogP contribution in [0.15, 0.2) is 182 Å². The highest BCUT2D eigenvalue weighted by Gasteiger charge is 2.12. The van der Waals surface area contributed by atoms with Gasteiger partial charge in [-0.15, -0.1) is 0 Å². The van der Waals surface area contributed by atoms with Gasteiger partial charge in [-0.05, 0) is 121 Å². The fourth-order valence-electron chi connectivity index (χ4n) is 7.33. The Labute approximate surface area is 287 Å². The Hall–Kier alpha value is -6.18. The maximum atomic E-state index is 3.77. The lowest BCUT2D eigenvalue weighted by atomic mass is 9.92. The first-order valence-corrected chi connectivity index (χ1v) is 17.1. The van der Waals surface area contributed by atoms with Crippen LogP contribution in [0.25, 0.3) is 71.3 Å². The lowest BCUT2D eigenvalue weighted by Crippen LogP contribution is -1.95. The molecule has 0 atom stereocenters. The molecule has 1 aliphatic rings. The van der Waals surface area contributed by atoms with E-state index in [1.54, 1.807) is 0 Å². The van der Waals surface area contributed by atoms with E-state index in [1.807, 2.05) is 0 Å². The minimum absolute atomic E-state index is 1.06. The predicted molar refractivity (Wildman–Crippen MR) is 211 cm³/mol. The van der Waals surface area contributed by atoms with Crippen molar-refractivity contribution in [2.45, 2.75) is 12.8 Å². The summed E-state index contributed by atoms with van der Waals surface area (Å²) in [6.45, 7) is 0. The van der Waals surface area contributed by atoms with Crippen molar-refractivity contribution in [3.05, 3.63) is 188 Å². The predicted octanol–water partition coefficient (Wildman–Crippen LogP) is 13.6. The molecule has 0 saturated heterocycles. The molecule has 0 unspecified atom stereocenters. The van der Waals surface area contributed by atoms with Crippen LogP contribution in [0.3, 0.4) is 0 Å². The van der Waals surface area contributed by atoms with E-state index in [-0.39, 0.29) is 0 Å². The van der Waals surface area contributed by atoms with Gasteiger partial charge in [-0.3, -0.25) is 0 Å². The molecule has 1 N–H and O–H groups in total. The topological polar surface area (TPSA) is 12.0 Å². The number of hydrogen-bond donors (Lipinski definition) is 1. The number of fused-ring (bicyclic) bond motifs is 5. The van der Waals surface area contributed by atoms with E-state index in [0.29, 0.717) is 0 Å². The van der Waals surface area contributed by atoms with E-state index in [4.69, 9.17) is 0 Å². The average molecular weight is 626 g/mol. The Kier molecular flexibility index (Phi) is 7.37. The number of hydrogen-bond acceptors (Lipinski definition) is 1. The zero-order valence-electron chi connectivity index (χ0n) is 27.2. The molecule has 0 heterocycles. The Bertz CT molecular complexity index is 2550. The van der Waals surface area contributed by atoms with Crippen LogP contribution in [0.1, 0.15) is 18.4 Å². The molecule has 0 amide bonds. The molecular weight excluding hydrogens is 591 g/mol. The van der Waals surface area contributed by atoms with Crippen molar-refractivity contribution < 1.29 is 0 Å². The normalized spacial score (nSPS) is 12.8. The van der Waals surface area contributed by atoms with Crippen molar-refractivity contribution in [2.24, 2.45) is 0 Å². The number of anilines is 2. The second-order valence-electron chi connectivity index (χ2n) is 13.0. The molecule has 8 aromatic rings. The molecule has 0 radical (unpaired) electrons. The Morgan fingerprint density at radius 3 is 1.90 bits per heavy atom. The molecule has 8 aromatic carbocycles. The van der Waals surface area contributed by atoms with Crippen LogP contribution < -0.4 is 5.32 Å². The number of benzene rings is 8. The van der Waals surface area contributed by atoms with Gasteiger partial charge in [0.2, 0.25) is 0 Å². The Morgan fingerprint density at radius 1 is 0.408 bits per heavy atom. The van der Waals surface area contributed by atoms with E-state index < -0.39 is 0 Å². The van der Waals surface area contributed by atoms with E-state index in [0.717, 1.165) is 24.2 Å². The van der Waals surface area contributed by atoms with Crippen LogP contribution in [0.5, 0.6) is 0 Å². The largest absolute Gasteiger partial charge is 0.355 e. The minimum Gasteiger partial charge on any atom is -0.355 e. The quantitative estimate of drug-likeness (QED) is 0.181. The van der Waals surface area contributed by atoms with Crippen molar-refractivity contribution in [2.75, 3.05) is 5.32 Å². The molecule has 0 spiro atoms. The summed E-state index contributed by atoms with van der Waals surface area (Å²) in [5, 5.41) is 11.5. The van der Waals surface area contributed by atoms with Gasteiger partial charge in [0.1, 0.15) is 0 Å². The second-order valence-corrected chi connectivity index (χ2v) is 13.0. The molecular formula is C48H35N. The van der Waals surface area contributed by atoms with E-state index >= 15 is 0 Å². The van der Waals surface area contributed by atoms with E-state index in [1.165, 1.54) is 76.8 Å². The fourth-order valence-corrected chi connectivity index (χ4v) is 7.33. The van der Waals surface area contributed by atoms with Crippen LogP contribution >= 0.6 is 0 Å². The molecule has 49 heavy (non-hydrogen) atoms. The lowest BCUT2D eigenvalue weighted by molar-refractivity contribution is 1.05. The molecule has 232 valence electrons. The SMILES string of the molecule is C1=CCCC(c2cccc(-c3cc(-c4ccccc4)ccc3Nc3ccc(-c4ccc5ccc6c7ccccc7ccc6c5c4)cc3)c2)=C1. The summed E-state index contributed by atoms with van der Waals surface area (Å²) >= 11 is 0. The van der Waals surface area contributed by atoms with Gasteiger partial charge in [0.05, 0.1) is 0 Å². The van der Waals surface area contributed by atoms with Crippen molar-refractivity contribution in [1.29, 1.82) is 0 Å². The summed E-state index contributed by atoms with van der Waals surface area (Å²) in [5.41, 5.74) is 12.1. The molecule has 9 rings (SSSR count). The third kappa shape index (κ3) is 5.60. The van der Waals surface area contributed by atoms with Gasteiger partial charge < -0.3 is 5.32 Å².